The molecule has 1 atom stereocenters. The number of carbonyl (C=O) groups is 2. The van der Waals surface area contributed by atoms with E-state index in [9.17, 15) is 14.0 Å². The maximum Gasteiger partial charge on any atom is 0.229 e. The highest BCUT2D eigenvalue weighted by molar-refractivity contribution is 6.03. The average Bonchev–Trinajstić information content (AvgIpc) is 3.15. The highest BCUT2D eigenvalue weighted by Gasteiger charge is 2.35. The molecule has 3 rings (SSSR count). The van der Waals surface area contributed by atoms with Gasteiger partial charge in [0.2, 0.25) is 11.8 Å². The molecule has 1 aliphatic rings. The number of nitrogens with one attached hydrogen (secondary N) is 1. The Morgan fingerprint density at radius 2 is 2.13 bits per heavy atom. The van der Waals surface area contributed by atoms with Crippen molar-refractivity contribution < 1.29 is 14.0 Å². The molecule has 1 unspecified atom stereocenters. The number of rotatable bonds is 4. The highest BCUT2D eigenvalue weighted by atomic mass is 19.1. The predicted octanol–water partition coefficient (Wildman–Crippen LogP) is 2.03. The summed E-state index contributed by atoms with van der Waals surface area (Å²) in [6.45, 7) is 2.96. The summed E-state index contributed by atoms with van der Waals surface area (Å²) >= 11 is 0. The zero-order valence-corrected chi connectivity index (χ0v) is 12.7. The second-order valence-corrected chi connectivity index (χ2v) is 5.46. The summed E-state index contributed by atoms with van der Waals surface area (Å²) in [6, 6.07) is 5.68. The Balaban J connectivity index is 1.66. The molecule has 1 aliphatic heterocycles. The van der Waals surface area contributed by atoms with Crippen LogP contribution in [0.4, 0.5) is 15.8 Å². The normalized spacial score (nSPS) is 17.6. The third-order valence-corrected chi connectivity index (χ3v) is 3.86. The first-order valence-electron chi connectivity index (χ1n) is 7.46. The van der Waals surface area contributed by atoms with E-state index in [2.05, 4.69) is 10.4 Å². The summed E-state index contributed by atoms with van der Waals surface area (Å²) < 4.78 is 14.7. The molecule has 120 valence electrons. The van der Waals surface area contributed by atoms with Gasteiger partial charge in [0.25, 0.3) is 0 Å². The van der Waals surface area contributed by atoms with E-state index in [4.69, 9.17) is 0 Å². The van der Waals surface area contributed by atoms with Crippen LogP contribution in [-0.4, -0.2) is 28.1 Å². The van der Waals surface area contributed by atoms with E-state index in [1.54, 1.807) is 29.2 Å². The minimum absolute atomic E-state index is 0.138. The SMILES string of the molecule is CCn1cc(NC(=O)C2CC(=O)N(c3ccc(F)cc3)C2)cn1. The van der Waals surface area contributed by atoms with Crippen molar-refractivity contribution in [1.29, 1.82) is 0 Å². The van der Waals surface area contributed by atoms with Crippen LogP contribution in [0.1, 0.15) is 13.3 Å². The van der Waals surface area contributed by atoms with Gasteiger partial charge in [-0.15, -0.1) is 0 Å². The highest BCUT2D eigenvalue weighted by Crippen LogP contribution is 2.26. The van der Waals surface area contributed by atoms with E-state index in [1.807, 2.05) is 6.92 Å². The Morgan fingerprint density at radius 1 is 1.39 bits per heavy atom. The lowest BCUT2D eigenvalue weighted by Gasteiger charge is -2.16. The van der Waals surface area contributed by atoms with Crippen molar-refractivity contribution in [1.82, 2.24) is 9.78 Å². The Hall–Kier alpha value is -2.70. The number of hydrogen-bond donors (Lipinski definition) is 1. The minimum Gasteiger partial charge on any atom is -0.323 e. The van der Waals surface area contributed by atoms with Gasteiger partial charge in [-0.2, -0.15) is 5.10 Å². The summed E-state index contributed by atoms with van der Waals surface area (Å²) in [7, 11) is 0. The molecule has 1 saturated heterocycles. The molecule has 0 spiro atoms. The van der Waals surface area contributed by atoms with Gasteiger partial charge in [0.05, 0.1) is 17.8 Å². The number of carbonyl (C=O) groups excluding carboxylic acids is 2. The van der Waals surface area contributed by atoms with Gasteiger partial charge in [0, 0.05) is 31.4 Å². The third-order valence-electron chi connectivity index (χ3n) is 3.86. The molecule has 2 amide bonds. The second-order valence-electron chi connectivity index (χ2n) is 5.46. The molecular formula is C16H17FN4O2. The van der Waals surface area contributed by atoms with E-state index in [1.165, 1.54) is 17.0 Å². The van der Waals surface area contributed by atoms with Crippen LogP contribution < -0.4 is 10.2 Å². The van der Waals surface area contributed by atoms with Crippen LogP contribution in [0, 0.1) is 11.7 Å². The van der Waals surface area contributed by atoms with Crippen LogP contribution in [0.25, 0.3) is 0 Å². The minimum atomic E-state index is -0.433. The monoisotopic (exact) mass is 316 g/mol. The van der Waals surface area contributed by atoms with E-state index in [0.29, 0.717) is 11.4 Å². The van der Waals surface area contributed by atoms with Gasteiger partial charge < -0.3 is 10.2 Å². The first-order chi connectivity index (χ1) is 11.1. The summed E-state index contributed by atoms with van der Waals surface area (Å²) in [5.74, 6) is -1.14. The number of benzene rings is 1. The Bertz CT molecular complexity index is 726. The molecule has 0 saturated carbocycles. The topological polar surface area (TPSA) is 67.2 Å². The van der Waals surface area contributed by atoms with Crippen LogP contribution in [0.3, 0.4) is 0 Å². The van der Waals surface area contributed by atoms with Gasteiger partial charge in [-0.25, -0.2) is 4.39 Å². The van der Waals surface area contributed by atoms with Gasteiger partial charge >= 0.3 is 0 Å². The lowest BCUT2D eigenvalue weighted by Crippen LogP contribution is -2.28. The zero-order chi connectivity index (χ0) is 16.4. The number of aromatic nitrogens is 2. The molecule has 0 bridgehead atoms. The molecule has 0 radical (unpaired) electrons. The number of hydrogen-bond acceptors (Lipinski definition) is 3. The molecular weight excluding hydrogens is 299 g/mol. The number of halogens is 1. The van der Waals surface area contributed by atoms with Crippen molar-refractivity contribution in [2.24, 2.45) is 5.92 Å². The lowest BCUT2D eigenvalue weighted by atomic mass is 10.1. The van der Waals surface area contributed by atoms with Crippen LogP contribution >= 0.6 is 0 Å². The van der Waals surface area contributed by atoms with Crippen LogP contribution in [0.15, 0.2) is 36.7 Å². The van der Waals surface area contributed by atoms with Crippen molar-refractivity contribution in [2.75, 3.05) is 16.8 Å². The Labute approximate surface area is 132 Å². The van der Waals surface area contributed by atoms with Crippen molar-refractivity contribution >= 4 is 23.2 Å². The smallest absolute Gasteiger partial charge is 0.229 e. The molecule has 7 heteroatoms. The first-order valence-corrected chi connectivity index (χ1v) is 7.46. The second kappa shape index (κ2) is 6.20. The number of amides is 2. The fourth-order valence-corrected chi connectivity index (χ4v) is 2.60. The van der Waals surface area contributed by atoms with Crippen LogP contribution in [0.5, 0.6) is 0 Å². The van der Waals surface area contributed by atoms with Crippen LogP contribution in [0.2, 0.25) is 0 Å². The van der Waals surface area contributed by atoms with Gasteiger partial charge in [-0.05, 0) is 31.2 Å². The summed E-state index contributed by atoms with van der Waals surface area (Å²) in [6.07, 6.45) is 3.47. The molecule has 2 heterocycles. The molecule has 23 heavy (non-hydrogen) atoms. The molecule has 2 aromatic rings. The molecule has 1 fully saturated rings. The molecule has 1 aromatic heterocycles. The van der Waals surface area contributed by atoms with Gasteiger partial charge in [0.15, 0.2) is 0 Å². The first kappa shape index (κ1) is 15.2. The van der Waals surface area contributed by atoms with Gasteiger partial charge in [-0.3, -0.25) is 14.3 Å². The Morgan fingerprint density at radius 3 is 2.78 bits per heavy atom. The predicted molar refractivity (Wildman–Crippen MR) is 83.4 cm³/mol. The Kier molecular flexibility index (Phi) is 4.10. The van der Waals surface area contributed by atoms with Crippen molar-refractivity contribution in [3.8, 4) is 0 Å². The summed E-state index contributed by atoms with van der Waals surface area (Å²) in [5.41, 5.74) is 1.22. The fourth-order valence-electron chi connectivity index (χ4n) is 2.60. The lowest BCUT2D eigenvalue weighted by molar-refractivity contribution is -0.122. The van der Waals surface area contributed by atoms with E-state index in [0.717, 1.165) is 6.54 Å². The molecule has 1 aromatic carbocycles. The van der Waals surface area contributed by atoms with E-state index < -0.39 is 5.92 Å². The van der Waals surface area contributed by atoms with E-state index >= 15 is 0 Å². The van der Waals surface area contributed by atoms with E-state index in [-0.39, 0.29) is 30.6 Å². The largest absolute Gasteiger partial charge is 0.323 e. The van der Waals surface area contributed by atoms with Gasteiger partial charge in [-0.1, -0.05) is 0 Å². The molecule has 6 nitrogen and oxygen atoms in total. The quantitative estimate of drug-likeness (QED) is 0.938. The molecule has 1 N–H and O–H groups in total. The number of nitrogens with zero attached hydrogens (tertiary/aromatic N) is 3. The number of anilines is 2. The summed E-state index contributed by atoms with van der Waals surface area (Å²) in [5, 5.41) is 6.87. The third kappa shape index (κ3) is 3.23. The zero-order valence-electron chi connectivity index (χ0n) is 12.7. The van der Waals surface area contributed by atoms with Crippen molar-refractivity contribution in [2.45, 2.75) is 19.9 Å². The maximum absolute atomic E-state index is 13.0. The van der Waals surface area contributed by atoms with Crippen molar-refractivity contribution in [3.63, 3.8) is 0 Å². The maximum atomic E-state index is 13.0. The van der Waals surface area contributed by atoms with Crippen molar-refractivity contribution in [3.05, 3.63) is 42.5 Å². The fraction of sp³-hybridized carbons (Fsp3) is 0.312. The summed E-state index contributed by atoms with van der Waals surface area (Å²) in [4.78, 5) is 25.9. The average molecular weight is 316 g/mol. The number of aryl methyl sites for hydroxylation is 1. The van der Waals surface area contributed by atoms with Gasteiger partial charge in [0.1, 0.15) is 5.82 Å². The standard InChI is InChI=1S/C16H17FN4O2/c1-2-20-10-13(8-18-20)19-16(23)11-7-15(22)21(9-11)14-5-3-12(17)4-6-14/h3-6,8,10-11H,2,7,9H2,1H3,(H,19,23). The van der Waals surface area contributed by atoms with Crippen LogP contribution in [-0.2, 0) is 16.1 Å². The molecule has 0 aliphatic carbocycles.